The summed E-state index contributed by atoms with van der Waals surface area (Å²) in [5.74, 6) is 0.799. The molecule has 120 valence electrons. The van der Waals surface area contributed by atoms with Gasteiger partial charge in [-0.15, -0.1) is 11.3 Å². The highest BCUT2D eigenvalue weighted by Gasteiger charge is 2.29. The smallest absolute Gasteiger partial charge is 0.262 e. The largest absolute Gasteiger partial charge is 0.395 e. The lowest BCUT2D eigenvalue weighted by atomic mass is 10.2. The summed E-state index contributed by atoms with van der Waals surface area (Å²) < 4.78 is 1.87. The van der Waals surface area contributed by atoms with E-state index in [0.717, 1.165) is 45.7 Å². The molecule has 1 aliphatic carbocycles. The van der Waals surface area contributed by atoms with Gasteiger partial charge in [-0.2, -0.15) is 0 Å². The van der Waals surface area contributed by atoms with E-state index < -0.39 is 0 Å². The molecule has 0 amide bonds. The van der Waals surface area contributed by atoms with Gasteiger partial charge in [-0.25, -0.2) is 4.98 Å². The van der Waals surface area contributed by atoms with Gasteiger partial charge in [0.05, 0.1) is 18.5 Å². The van der Waals surface area contributed by atoms with Crippen LogP contribution in [0.3, 0.4) is 0 Å². The maximum absolute atomic E-state index is 12.9. The second-order valence-electron chi connectivity index (χ2n) is 6.07. The van der Waals surface area contributed by atoms with Crippen molar-refractivity contribution in [2.24, 2.45) is 0 Å². The zero-order valence-corrected chi connectivity index (χ0v) is 14.2. The van der Waals surface area contributed by atoms with E-state index in [1.807, 2.05) is 25.3 Å². The highest BCUT2D eigenvalue weighted by Crippen LogP contribution is 2.36. The lowest BCUT2D eigenvalue weighted by Crippen LogP contribution is -2.34. The van der Waals surface area contributed by atoms with Crippen LogP contribution in [0.15, 0.2) is 4.79 Å². The number of hydrogen-bond donors (Lipinski definition) is 2. The van der Waals surface area contributed by atoms with Crippen molar-refractivity contribution in [3.05, 3.63) is 26.6 Å². The molecule has 0 aromatic carbocycles. The molecule has 1 atom stereocenters. The molecule has 2 aromatic heterocycles. The Kier molecular flexibility index (Phi) is 4.34. The lowest BCUT2D eigenvalue weighted by molar-refractivity contribution is 0.237. The van der Waals surface area contributed by atoms with Gasteiger partial charge < -0.3 is 10.4 Å². The molecule has 1 saturated carbocycles. The Morgan fingerprint density at radius 2 is 2.18 bits per heavy atom. The van der Waals surface area contributed by atoms with Crippen LogP contribution in [-0.4, -0.2) is 27.3 Å². The van der Waals surface area contributed by atoms with E-state index in [-0.39, 0.29) is 18.2 Å². The average Bonchev–Trinajstić information content (AvgIpc) is 3.27. The van der Waals surface area contributed by atoms with Gasteiger partial charge in [-0.05, 0) is 38.7 Å². The molecule has 22 heavy (non-hydrogen) atoms. The Labute approximate surface area is 134 Å². The van der Waals surface area contributed by atoms with Crippen LogP contribution in [0.5, 0.6) is 0 Å². The fraction of sp³-hybridized carbons (Fsp3) is 0.625. The Morgan fingerprint density at radius 3 is 2.77 bits per heavy atom. The topological polar surface area (TPSA) is 67.2 Å². The molecule has 0 bridgehead atoms. The van der Waals surface area contributed by atoms with E-state index in [1.54, 1.807) is 11.3 Å². The normalized spacial score (nSPS) is 16.4. The van der Waals surface area contributed by atoms with E-state index in [1.165, 1.54) is 0 Å². The number of nitrogens with zero attached hydrogens (tertiary/aromatic N) is 2. The molecule has 0 aliphatic heterocycles. The maximum atomic E-state index is 12.9. The molecule has 1 fully saturated rings. The summed E-state index contributed by atoms with van der Waals surface area (Å²) in [7, 11) is 0. The van der Waals surface area contributed by atoms with Crippen molar-refractivity contribution in [2.45, 2.75) is 58.7 Å². The molecule has 2 N–H and O–H groups in total. The van der Waals surface area contributed by atoms with Crippen molar-refractivity contribution in [1.29, 1.82) is 0 Å². The van der Waals surface area contributed by atoms with Crippen LogP contribution in [0.1, 0.15) is 48.5 Å². The second kappa shape index (κ2) is 6.10. The first kappa shape index (κ1) is 15.6. The predicted molar refractivity (Wildman–Crippen MR) is 89.6 cm³/mol. The van der Waals surface area contributed by atoms with Gasteiger partial charge in [0.2, 0.25) is 0 Å². The average molecular weight is 321 g/mol. The van der Waals surface area contributed by atoms with Gasteiger partial charge in [0, 0.05) is 17.0 Å². The number of rotatable bonds is 6. The summed E-state index contributed by atoms with van der Waals surface area (Å²) in [6.07, 6.45) is 2.96. The van der Waals surface area contributed by atoms with Crippen LogP contribution in [0.25, 0.3) is 10.2 Å². The molecule has 2 aromatic rings. The van der Waals surface area contributed by atoms with Crippen LogP contribution in [-0.2, 0) is 6.54 Å². The fourth-order valence-corrected chi connectivity index (χ4v) is 3.79. The minimum Gasteiger partial charge on any atom is -0.395 e. The number of fused-ring (bicyclic) bond motifs is 1. The second-order valence-corrected chi connectivity index (χ2v) is 7.27. The number of nitrogens with one attached hydrogen (secondary N) is 1. The zero-order chi connectivity index (χ0) is 15.9. The molecular weight excluding hydrogens is 298 g/mol. The molecule has 0 radical (unpaired) electrons. The molecular formula is C16H23N3O2S. The summed E-state index contributed by atoms with van der Waals surface area (Å²) in [6.45, 7) is 6.70. The standard InChI is InChI=1S/C16H23N3O2S/c1-4-11(8-20)17-7-13-18-15-14(9(2)10(3)22-15)16(21)19(13)12-5-6-12/h11-12,17,20H,4-8H2,1-3H3. The first-order chi connectivity index (χ1) is 10.6. The van der Waals surface area contributed by atoms with Crippen LogP contribution in [0.2, 0.25) is 0 Å². The van der Waals surface area contributed by atoms with Gasteiger partial charge in [-0.1, -0.05) is 6.92 Å². The molecule has 2 heterocycles. The molecule has 3 rings (SSSR count). The van der Waals surface area contributed by atoms with Crippen LogP contribution < -0.4 is 10.9 Å². The van der Waals surface area contributed by atoms with Gasteiger partial charge >= 0.3 is 0 Å². The number of aliphatic hydroxyl groups excluding tert-OH is 1. The fourth-order valence-electron chi connectivity index (χ4n) is 2.76. The maximum Gasteiger partial charge on any atom is 0.262 e. The highest BCUT2D eigenvalue weighted by molar-refractivity contribution is 7.18. The SMILES string of the molecule is CCC(CO)NCc1nc2sc(C)c(C)c2c(=O)n1C1CC1. The number of hydrogen-bond acceptors (Lipinski definition) is 5. The van der Waals surface area contributed by atoms with Gasteiger partial charge in [0.25, 0.3) is 5.56 Å². The Bertz CT molecular complexity index is 742. The number of aryl methyl sites for hydroxylation is 2. The summed E-state index contributed by atoms with van der Waals surface area (Å²) in [4.78, 5) is 19.7. The Hall–Kier alpha value is -1.24. The number of thiophene rings is 1. The van der Waals surface area contributed by atoms with Crippen molar-refractivity contribution in [1.82, 2.24) is 14.9 Å². The van der Waals surface area contributed by atoms with Crippen molar-refractivity contribution in [3.63, 3.8) is 0 Å². The van der Waals surface area contributed by atoms with E-state index in [2.05, 4.69) is 5.32 Å². The summed E-state index contributed by atoms with van der Waals surface area (Å²) in [6, 6.07) is 0.349. The predicted octanol–water partition coefficient (Wildman–Crippen LogP) is 2.27. The number of aromatic nitrogens is 2. The van der Waals surface area contributed by atoms with Crippen molar-refractivity contribution >= 4 is 21.6 Å². The van der Waals surface area contributed by atoms with E-state index in [4.69, 9.17) is 4.98 Å². The lowest BCUT2D eigenvalue weighted by Gasteiger charge is -2.16. The summed E-state index contributed by atoms with van der Waals surface area (Å²) >= 11 is 1.59. The third kappa shape index (κ3) is 2.71. The summed E-state index contributed by atoms with van der Waals surface area (Å²) in [5.41, 5.74) is 1.16. The first-order valence-electron chi connectivity index (χ1n) is 7.92. The minimum atomic E-state index is 0.0482. The third-order valence-corrected chi connectivity index (χ3v) is 5.58. The third-order valence-electron chi connectivity index (χ3n) is 4.48. The van der Waals surface area contributed by atoms with Crippen LogP contribution >= 0.6 is 11.3 Å². The monoisotopic (exact) mass is 321 g/mol. The van der Waals surface area contributed by atoms with Crippen molar-refractivity contribution in [2.75, 3.05) is 6.61 Å². The van der Waals surface area contributed by atoms with Gasteiger partial charge in [0.1, 0.15) is 10.7 Å². The molecule has 0 saturated heterocycles. The van der Waals surface area contributed by atoms with E-state index in [0.29, 0.717) is 12.6 Å². The highest BCUT2D eigenvalue weighted by atomic mass is 32.1. The zero-order valence-electron chi connectivity index (χ0n) is 13.3. The van der Waals surface area contributed by atoms with Crippen molar-refractivity contribution in [3.8, 4) is 0 Å². The Morgan fingerprint density at radius 1 is 1.45 bits per heavy atom. The first-order valence-corrected chi connectivity index (χ1v) is 8.73. The van der Waals surface area contributed by atoms with Crippen LogP contribution in [0, 0.1) is 13.8 Å². The molecule has 1 aliphatic rings. The Balaban J connectivity index is 2.05. The molecule has 5 nitrogen and oxygen atoms in total. The van der Waals surface area contributed by atoms with Crippen LogP contribution in [0.4, 0.5) is 0 Å². The quantitative estimate of drug-likeness (QED) is 0.856. The van der Waals surface area contributed by atoms with E-state index >= 15 is 0 Å². The van der Waals surface area contributed by atoms with Gasteiger partial charge in [0.15, 0.2) is 0 Å². The van der Waals surface area contributed by atoms with Crippen molar-refractivity contribution < 1.29 is 5.11 Å². The molecule has 6 heteroatoms. The molecule has 1 unspecified atom stereocenters. The van der Waals surface area contributed by atoms with E-state index in [9.17, 15) is 9.90 Å². The summed E-state index contributed by atoms with van der Waals surface area (Å²) in [5, 5.41) is 13.4. The van der Waals surface area contributed by atoms with Gasteiger partial charge in [-0.3, -0.25) is 9.36 Å². The number of aliphatic hydroxyl groups is 1. The minimum absolute atomic E-state index is 0.0482. The molecule has 0 spiro atoms.